The summed E-state index contributed by atoms with van der Waals surface area (Å²) in [7, 11) is 0. The molecule has 1 aliphatic heterocycles. The molecule has 1 aromatic heterocycles. The molecule has 0 saturated carbocycles. The number of halogens is 1. The zero-order valence-electron chi connectivity index (χ0n) is 12.7. The number of hydrogen-bond donors (Lipinski definition) is 0. The fourth-order valence-electron chi connectivity index (χ4n) is 2.84. The van der Waals surface area contributed by atoms with Gasteiger partial charge in [-0.3, -0.25) is 4.52 Å². The van der Waals surface area contributed by atoms with Crippen molar-refractivity contribution in [2.24, 2.45) is 0 Å². The van der Waals surface area contributed by atoms with Gasteiger partial charge in [-0.05, 0) is 31.2 Å². The van der Waals surface area contributed by atoms with Gasteiger partial charge in [-0.15, -0.1) is 0 Å². The van der Waals surface area contributed by atoms with Gasteiger partial charge in [0, 0.05) is 21.5 Å². The number of benzene rings is 2. The molecule has 122 valence electrons. The van der Waals surface area contributed by atoms with Crippen LogP contribution in [0.4, 0.5) is 0 Å². The van der Waals surface area contributed by atoms with E-state index in [1.54, 1.807) is 0 Å². The Morgan fingerprint density at radius 2 is 2.00 bits per heavy atom. The highest BCUT2D eigenvalue weighted by Gasteiger charge is 2.46. The minimum absolute atomic E-state index is 0.445. The molecule has 24 heavy (non-hydrogen) atoms. The Hall–Kier alpha value is -1.83. The van der Waals surface area contributed by atoms with E-state index in [9.17, 15) is 4.79 Å². The summed E-state index contributed by atoms with van der Waals surface area (Å²) in [5, 5.41) is 4.04. The monoisotopic (exact) mass is 404 g/mol. The summed E-state index contributed by atoms with van der Waals surface area (Å²) in [6.07, 6.45) is 0. The van der Waals surface area contributed by atoms with Gasteiger partial charge < -0.3 is 4.74 Å². The van der Waals surface area contributed by atoms with Gasteiger partial charge in [0.15, 0.2) is 0 Å². The molecule has 0 unspecified atom stereocenters. The predicted molar refractivity (Wildman–Crippen MR) is 94.5 cm³/mol. The number of aromatic nitrogens is 2. The van der Waals surface area contributed by atoms with Crippen molar-refractivity contribution in [1.29, 1.82) is 0 Å². The first-order chi connectivity index (χ1) is 11.7. The van der Waals surface area contributed by atoms with Gasteiger partial charge in [0.1, 0.15) is 0 Å². The second kappa shape index (κ2) is 5.91. The maximum absolute atomic E-state index is 12.3. The molecule has 0 spiro atoms. The summed E-state index contributed by atoms with van der Waals surface area (Å²) in [6.45, 7) is 2.39. The van der Waals surface area contributed by atoms with Gasteiger partial charge in [0.05, 0.1) is 5.69 Å². The Balaban J connectivity index is 2.02. The Labute approximate surface area is 150 Å². The van der Waals surface area contributed by atoms with Crippen LogP contribution >= 0.6 is 27.7 Å². The van der Waals surface area contributed by atoms with Crippen LogP contribution in [0.1, 0.15) is 18.3 Å². The topological polar surface area (TPSA) is 57.3 Å². The van der Waals surface area contributed by atoms with E-state index in [2.05, 4.69) is 21.1 Å². The van der Waals surface area contributed by atoms with Gasteiger partial charge in [-0.1, -0.05) is 57.1 Å². The van der Waals surface area contributed by atoms with Gasteiger partial charge >= 0.3 is 5.76 Å². The third-order valence-electron chi connectivity index (χ3n) is 3.83. The first-order valence-electron chi connectivity index (χ1n) is 7.43. The van der Waals surface area contributed by atoms with Gasteiger partial charge in [0.25, 0.3) is 0 Å². The average molecular weight is 405 g/mol. The molecule has 0 fully saturated rings. The van der Waals surface area contributed by atoms with Crippen LogP contribution in [0.25, 0.3) is 5.69 Å². The zero-order chi connectivity index (χ0) is 16.7. The summed E-state index contributed by atoms with van der Waals surface area (Å²) < 4.78 is 13.6. The highest BCUT2D eigenvalue weighted by atomic mass is 79.9. The summed E-state index contributed by atoms with van der Waals surface area (Å²) in [5.74, 6) is -0.0701. The zero-order valence-corrected chi connectivity index (χ0v) is 15.1. The number of para-hydroxylation sites is 1. The second-order valence-corrected chi connectivity index (χ2v) is 7.37. The molecule has 0 N–H and O–H groups in total. The van der Waals surface area contributed by atoms with E-state index in [1.165, 1.54) is 16.3 Å². The Bertz CT molecular complexity index is 951. The van der Waals surface area contributed by atoms with E-state index < -0.39 is 10.7 Å². The third-order valence-corrected chi connectivity index (χ3v) is 5.75. The molecular weight excluding hydrogens is 392 g/mol. The summed E-state index contributed by atoms with van der Waals surface area (Å²) in [4.78, 5) is 12.3. The molecule has 2 aromatic carbocycles. The average Bonchev–Trinajstić information content (AvgIpc) is 2.99. The van der Waals surface area contributed by atoms with Crippen molar-refractivity contribution in [3.05, 3.63) is 74.9 Å². The first-order valence-corrected chi connectivity index (χ1v) is 9.04. The largest absolute Gasteiger partial charge is 0.446 e. The molecule has 0 aliphatic carbocycles. The summed E-state index contributed by atoms with van der Waals surface area (Å²) in [5.41, 5.74) is 1.66. The van der Waals surface area contributed by atoms with E-state index in [4.69, 9.17) is 9.26 Å². The molecular formula is C17H13BrN2O3S. The van der Waals surface area contributed by atoms with Crippen molar-refractivity contribution in [3.8, 4) is 5.69 Å². The Morgan fingerprint density at radius 1 is 1.25 bits per heavy atom. The summed E-state index contributed by atoms with van der Waals surface area (Å²) >= 11 is 4.97. The lowest BCUT2D eigenvalue weighted by atomic mass is 10.1. The molecule has 0 amide bonds. The number of ether oxygens (including phenoxy) is 1. The molecule has 1 aliphatic rings. The highest BCUT2D eigenvalue weighted by molar-refractivity contribution is 9.10. The van der Waals surface area contributed by atoms with Crippen molar-refractivity contribution in [2.45, 2.75) is 16.8 Å². The number of fused-ring (bicyclic) bond motifs is 3. The van der Waals surface area contributed by atoms with Crippen LogP contribution in [0.5, 0.6) is 0 Å². The van der Waals surface area contributed by atoms with Crippen LogP contribution < -0.4 is 5.76 Å². The maximum Gasteiger partial charge on any atom is 0.446 e. The van der Waals surface area contributed by atoms with Crippen molar-refractivity contribution < 1.29 is 9.26 Å². The van der Waals surface area contributed by atoms with E-state index in [1.807, 2.05) is 55.5 Å². The smallest absolute Gasteiger partial charge is 0.353 e. The van der Waals surface area contributed by atoms with Crippen molar-refractivity contribution in [1.82, 2.24) is 9.72 Å². The van der Waals surface area contributed by atoms with E-state index in [-0.39, 0.29) is 0 Å². The molecule has 7 heteroatoms. The van der Waals surface area contributed by atoms with E-state index >= 15 is 0 Å². The van der Waals surface area contributed by atoms with Crippen LogP contribution in [0.3, 0.4) is 0 Å². The highest BCUT2D eigenvalue weighted by Crippen LogP contribution is 2.51. The lowest BCUT2D eigenvalue weighted by Crippen LogP contribution is -2.36. The first kappa shape index (κ1) is 15.7. The Kier molecular flexibility index (Phi) is 3.86. The number of rotatable bonds is 3. The minimum atomic E-state index is -0.935. The van der Waals surface area contributed by atoms with Gasteiger partial charge in [-0.25, -0.2) is 9.36 Å². The van der Waals surface area contributed by atoms with Crippen molar-refractivity contribution >= 4 is 27.7 Å². The molecule has 2 heterocycles. The van der Waals surface area contributed by atoms with Crippen molar-refractivity contribution in [2.75, 3.05) is 6.61 Å². The number of thioether (sulfide) groups is 1. The molecule has 0 radical (unpaired) electrons. The number of nitrogens with zero attached hydrogens (tertiary/aromatic N) is 2. The molecule has 1 atom stereocenters. The molecule has 4 rings (SSSR count). The predicted octanol–water partition coefficient (Wildman–Crippen LogP) is 3.93. The fraction of sp³-hybridized carbons (Fsp3) is 0.176. The van der Waals surface area contributed by atoms with Crippen LogP contribution in [0.2, 0.25) is 0 Å². The van der Waals surface area contributed by atoms with E-state index in [0.29, 0.717) is 12.4 Å². The Morgan fingerprint density at radius 3 is 2.75 bits per heavy atom. The lowest BCUT2D eigenvalue weighted by molar-refractivity contribution is 0.0518. The molecule has 0 bridgehead atoms. The molecule has 5 nitrogen and oxygen atoms in total. The lowest BCUT2D eigenvalue weighted by Gasteiger charge is -2.35. The normalized spacial score (nSPS) is 18.9. The van der Waals surface area contributed by atoms with Gasteiger partial charge in [-0.2, -0.15) is 0 Å². The van der Waals surface area contributed by atoms with Crippen LogP contribution in [-0.4, -0.2) is 16.3 Å². The number of hydrogen-bond acceptors (Lipinski definition) is 5. The van der Waals surface area contributed by atoms with Crippen LogP contribution in [-0.2, 0) is 9.67 Å². The summed E-state index contributed by atoms with van der Waals surface area (Å²) in [6, 6.07) is 15.5. The van der Waals surface area contributed by atoms with Crippen LogP contribution in [0.15, 0.2) is 67.2 Å². The van der Waals surface area contributed by atoms with Crippen molar-refractivity contribution in [3.63, 3.8) is 0 Å². The minimum Gasteiger partial charge on any atom is -0.353 e. The van der Waals surface area contributed by atoms with Crippen LogP contribution in [0, 0.1) is 0 Å². The third kappa shape index (κ3) is 2.27. The maximum atomic E-state index is 12.3. The molecule has 0 saturated heterocycles. The fourth-order valence-corrected chi connectivity index (χ4v) is 4.47. The SMILES string of the molecule is CCO[C@@]1(c2ccc(Br)cc2)Sc2ccccc2-n2c1noc2=O. The molecule has 3 aromatic rings. The standard InChI is InChI=1S/C17H13BrN2O3S/c1-2-22-17(11-7-9-12(18)10-8-11)15-19-23-16(21)20(15)13-5-3-4-6-14(13)24-17/h3-10H,2H2,1H3/t17-/m0/s1. The second-order valence-electron chi connectivity index (χ2n) is 5.23. The quantitative estimate of drug-likeness (QED) is 0.661. The van der Waals surface area contributed by atoms with E-state index in [0.717, 1.165) is 20.6 Å². The van der Waals surface area contributed by atoms with Gasteiger partial charge in [0.2, 0.25) is 10.8 Å².